The van der Waals surface area contributed by atoms with E-state index in [2.05, 4.69) is 0 Å². The topological polar surface area (TPSA) is 57.6 Å². The number of ketones is 1. The highest BCUT2D eigenvalue weighted by Crippen LogP contribution is 2.20. The lowest BCUT2D eigenvalue weighted by atomic mass is 10.2. The average Bonchev–Trinajstić information content (AvgIpc) is 2.60. The van der Waals surface area contributed by atoms with Crippen LogP contribution in [-0.2, 0) is 9.59 Å². The van der Waals surface area contributed by atoms with Gasteiger partial charge in [0.1, 0.15) is 6.04 Å². The van der Waals surface area contributed by atoms with Gasteiger partial charge in [0.15, 0.2) is 0 Å². The number of carboxylic acid groups (broad SMARTS) is 1. The van der Waals surface area contributed by atoms with Gasteiger partial charge in [-0.25, -0.2) is 4.79 Å². The minimum absolute atomic E-state index is 0.346. The Morgan fingerprint density at radius 2 is 2.00 bits per heavy atom. The Labute approximate surface area is 89.3 Å². The number of carboxylic acids is 1. The van der Waals surface area contributed by atoms with Gasteiger partial charge in [0.2, 0.25) is 0 Å². The normalized spacial score (nSPS) is 21.7. The predicted molar refractivity (Wildman–Crippen MR) is 47.6 cm³/mol. The molecule has 1 heterocycles. The van der Waals surface area contributed by atoms with E-state index in [0.29, 0.717) is 25.5 Å². The molecule has 0 radical (unpaired) electrons. The summed E-state index contributed by atoms with van der Waals surface area (Å²) in [5.41, 5.74) is 0. The summed E-state index contributed by atoms with van der Waals surface area (Å²) >= 11 is 0. The van der Waals surface area contributed by atoms with Gasteiger partial charge in [0, 0.05) is 18.8 Å². The molecule has 0 spiro atoms. The summed E-state index contributed by atoms with van der Waals surface area (Å²) in [6.07, 6.45) is -2.68. The number of carbonyl (C=O) groups is 2. The van der Waals surface area contributed by atoms with E-state index in [1.807, 2.05) is 0 Å². The maximum Gasteiger partial charge on any atom is 0.454 e. The molecule has 1 N–H and O–H groups in total. The summed E-state index contributed by atoms with van der Waals surface area (Å²) in [5.74, 6) is -3.08. The second-order valence-electron chi connectivity index (χ2n) is 3.41. The number of hydrogen-bond acceptors (Lipinski definition) is 3. The summed E-state index contributed by atoms with van der Waals surface area (Å²) in [4.78, 5) is 22.4. The lowest BCUT2D eigenvalue weighted by molar-refractivity contribution is -0.165. The second-order valence-corrected chi connectivity index (χ2v) is 3.41. The molecule has 0 aliphatic carbocycles. The third-order valence-corrected chi connectivity index (χ3v) is 2.28. The number of nitrogens with zero attached hydrogens (tertiary/aromatic N) is 1. The highest BCUT2D eigenvalue weighted by Gasteiger charge is 2.36. The maximum atomic E-state index is 11.8. The van der Waals surface area contributed by atoms with E-state index in [-0.39, 0.29) is 0 Å². The summed E-state index contributed by atoms with van der Waals surface area (Å²) in [6.45, 7) is 0.346. The van der Waals surface area contributed by atoms with Crippen molar-refractivity contribution in [3.8, 4) is 0 Å². The SMILES string of the molecule is O=C(O)[C@@H]1CCCN1/C=C\C(=O)C(F)(F)F. The second kappa shape index (κ2) is 4.54. The molecule has 0 aromatic rings. The predicted octanol–water partition coefficient (Wildman–Crippen LogP) is 1.18. The zero-order valence-corrected chi connectivity index (χ0v) is 8.20. The van der Waals surface area contributed by atoms with Gasteiger partial charge < -0.3 is 10.0 Å². The molecule has 0 bridgehead atoms. The van der Waals surface area contributed by atoms with Gasteiger partial charge in [-0.1, -0.05) is 0 Å². The Morgan fingerprint density at radius 3 is 2.50 bits per heavy atom. The first-order valence-electron chi connectivity index (χ1n) is 4.60. The Hall–Kier alpha value is -1.53. The molecule has 0 aromatic carbocycles. The van der Waals surface area contributed by atoms with Gasteiger partial charge in [0.25, 0.3) is 5.78 Å². The van der Waals surface area contributed by atoms with Crippen LogP contribution in [0, 0.1) is 0 Å². The third-order valence-electron chi connectivity index (χ3n) is 2.28. The fraction of sp³-hybridized carbons (Fsp3) is 0.556. The van der Waals surface area contributed by atoms with Crippen LogP contribution in [0.3, 0.4) is 0 Å². The van der Waals surface area contributed by atoms with E-state index in [1.165, 1.54) is 4.90 Å². The molecule has 0 saturated carbocycles. The van der Waals surface area contributed by atoms with Crippen LogP contribution in [-0.4, -0.2) is 40.5 Å². The van der Waals surface area contributed by atoms with Crippen LogP contribution < -0.4 is 0 Å². The van der Waals surface area contributed by atoms with Crippen molar-refractivity contribution in [3.05, 3.63) is 12.3 Å². The van der Waals surface area contributed by atoms with Crippen molar-refractivity contribution in [1.82, 2.24) is 4.90 Å². The van der Waals surface area contributed by atoms with E-state index in [4.69, 9.17) is 5.11 Å². The van der Waals surface area contributed by atoms with Crippen molar-refractivity contribution < 1.29 is 27.9 Å². The first-order chi connectivity index (χ1) is 7.32. The number of alkyl halides is 3. The molecule has 0 aromatic heterocycles. The standard InChI is InChI=1S/C9H10F3NO3/c10-9(11,12)7(14)3-5-13-4-1-2-6(13)8(15)16/h3,5-6H,1-2,4H2,(H,15,16)/b5-3-/t6-/m0/s1. The van der Waals surface area contributed by atoms with Gasteiger partial charge in [-0.2, -0.15) is 13.2 Å². The molecule has 90 valence electrons. The van der Waals surface area contributed by atoms with E-state index < -0.39 is 24.0 Å². The van der Waals surface area contributed by atoms with Crippen LogP contribution in [0.1, 0.15) is 12.8 Å². The fourth-order valence-electron chi connectivity index (χ4n) is 1.49. The van der Waals surface area contributed by atoms with Gasteiger partial charge in [0.05, 0.1) is 0 Å². The summed E-state index contributed by atoms with van der Waals surface area (Å²) in [5, 5.41) is 8.73. The van der Waals surface area contributed by atoms with Gasteiger partial charge >= 0.3 is 12.1 Å². The first-order valence-corrected chi connectivity index (χ1v) is 4.60. The van der Waals surface area contributed by atoms with Crippen LogP contribution in [0.25, 0.3) is 0 Å². The highest BCUT2D eigenvalue weighted by molar-refractivity contribution is 5.94. The van der Waals surface area contributed by atoms with Crippen molar-refractivity contribution in [1.29, 1.82) is 0 Å². The molecular weight excluding hydrogens is 227 g/mol. The molecule has 4 nitrogen and oxygen atoms in total. The quantitative estimate of drug-likeness (QED) is 0.749. The molecular formula is C9H10F3NO3. The molecule has 1 fully saturated rings. The van der Waals surface area contributed by atoms with Crippen LogP contribution in [0.2, 0.25) is 0 Å². The molecule has 1 rings (SSSR count). The summed E-state index contributed by atoms with van der Waals surface area (Å²) < 4.78 is 35.5. The van der Waals surface area contributed by atoms with Crippen LogP contribution in [0.15, 0.2) is 12.3 Å². The number of rotatable bonds is 3. The zero-order valence-electron chi connectivity index (χ0n) is 8.20. The largest absolute Gasteiger partial charge is 0.480 e. The average molecular weight is 237 g/mol. The third kappa shape index (κ3) is 2.98. The Morgan fingerprint density at radius 1 is 1.38 bits per heavy atom. The van der Waals surface area contributed by atoms with E-state index in [0.717, 1.165) is 6.20 Å². The minimum atomic E-state index is -4.91. The number of likely N-dealkylation sites (tertiary alicyclic amines) is 1. The molecule has 7 heteroatoms. The molecule has 0 amide bonds. The maximum absolute atomic E-state index is 11.8. The summed E-state index contributed by atoms with van der Waals surface area (Å²) in [6, 6.07) is -0.836. The fourth-order valence-corrected chi connectivity index (χ4v) is 1.49. The van der Waals surface area contributed by atoms with E-state index >= 15 is 0 Å². The lowest BCUT2D eigenvalue weighted by Crippen LogP contribution is -2.32. The number of halogens is 3. The highest BCUT2D eigenvalue weighted by atomic mass is 19.4. The smallest absolute Gasteiger partial charge is 0.454 e. The molecule has 1 aliphatic rings. The van der Waals surface area contributed by atoms with Gasteiger partial charge in [-0.05, 0) is 12.8 Å². The lowest BCUT2D eigenvalue weighted by Gasteiger charge is -2.18. The summed E-state index contributed by atoms with van der Waals surface area (Å²) in [7, 11) is 0. The first kappa shape index (κ1) is 12.5. The minimum Gasteiger partial charge on any atom is -0.480 e. The van der Waals surface area contributed by atoms with Gasteiger partial charge in [-0.3, -0.25) is 4.79 Å². The monoisotopic (exact) mass is 237 g/mol. The molecule has 0 unspecified atom stereocenters. The Bertz CT molecular complexity index is 324. The van der Waals surface area contributed by atoms with E-state index in [1.54, 1.807) is 0 Å². The van der Waals surface area contributed by atoms with Crippen LogP contribution in [0.5, 0.6) is 0 Å². The van der Waals surface area contributed by atoms with Crippen LogP contribution >= 0.6 is 0 Å². The molecule has 1 saturated heterocycles. The van der Waals surface area contributed by atoms with Crippen molar-refractivity contribution in [2.45, 2.75) is 25.1 Å². The molecule has 1 atom stereocenters. The molecule has 16 heavy (non-hydrogen) atoms. The Balaban J connectivity index is 2.63. The van der Waals surface area contributed by atoms with Crippen molar-refractivity contribution in [3.63, 3.8) is 0 Å². The van der Waals surface area contributed by atoms with Crippen molar-refractivity contribution in [2.24, 2.45) is 0 Å². The number of carbonyl (C=O) groups excluding carboxylic acids is 1. The van der Waals surface area contributed by atoms with Crippen molar-refractivity contribution in [2.75, 3.05) is 6.54 Å². The van der Waals surface area contributed by atoms with Crippen LogP contribution in [0.4, 0.5) is 13.2 Å². The number of hydrogen-bond donors (Lipinski definition) is 1. The zero-order chi connectivity index (χ0) is 12.3. The number of allylic oxidation sites excluding steroid dienone is 1. The van der Waals surface area contributed by atoms with E-state index in [9.17, 15) is 22.8 Å². The number of aliphatic carboxylic acids is 1. The van der Waals surface area contributed by atoms with Crippen molar-refractivity contribution >= 4 is 11.8 Å². The van der Waals surface area contributed by atoms with Gasteiger partial charge in [-0.15, -0.1) is 0 Å². The molecule has 1 aliphatic heterocycles. The Kier molecular flexibility index (Phi) is 3.56.